The summed E-state index contributed by atoms with van der Waals surface area (Å²) in [6.45, 7) is 3.92. The number of amides is 2. The molecule has 0 bridgehead atoms. The third-order valence-corrected chi connectivity index (χ3v) is 4.37. The summed E-state index contributed by atoms with van der Waals surface area (Å²) in [6, 6.07) is 16.4. The number of anilines is 2. The van der Waals surface area contributed by atoms with Crippen molar-refractivity contribution in [2.75, 3.05) is 50.0 Å². The molecule has 0 saturated carbocycles. The Morgan fingerprint density at radius 3 is 2.30 bits per heavy atom. The Hall–Kier alpha value is -3.06. The standard InChI is InChI=1S/C20H24N4O3/c1-23-11-13-24(14-12-23)17-9-7-16(8-10-17)22-19(25)15-21-20(26)27-18-5-3-2-4-6-18/h2-10H,11-15H2,1H3,(H,21,26)(H,22,25). The minimum Gasteiger partial charge on any atom is -0.410 e. The van der Waals surface area contributed by atoms with Gasteiger partial charge in [0.2, 0.25) is 5.91 Å². The van der Waals surface area contributed by atoms with Crippen LogP contribution in [0.2, 0.25) is 0 Å². The van der Waals surface area contributed by atoms with Crippen molar-refractivity contribution in [3.8, 4) is 5.75 Å². The van der Waals surface area contributed by atoms with Crippen LogP contribution in [0.4, 0.5) is 16.2 Å². The maximum Gasteiger partial charge on any atom is 0.413 e. The Morgan fingerprint density at radius 1 is 0.963 bits per heavy atom. The Kier molecular flexibility index (Phi) is 6.27. The van der Waals surface area contributed by atoms with Crippen LogP contribution in [0.25, 0.3) is 0 Å². The van der Waals surface area contributed by atoms with Crippen LogP contribution in [-0.4, -0.2) is 56.7 Å². The molecular weight excluding hydrogens is 344 g/mol. The molecule has 1 fully saturated rings. The topological polar surface area (TPSA) is 73.9 Å². The lowest BCUT2D eigenvalue weighted by Gasteiger charge is -2.34. The molecule has 1 aliphatic rings. The SMILES string of the molecule is CN1CCN(c2ccc(NC(=O)CNC(=O)Oc3ccccc3)cc2)CC1. The van der Waals surface area contributed by atoms with Crippen LogP contribution in [0.1, 0.15) is 0 Å². The number of nitrogens with one attached hydrogen (secondary N) is 2. The van der Waals surface area contributed by atoms with Gasteiger partial charge in [0.25, 0.3) is 0 Å². The number of carbonyl (C=O) groups is 2. The summed E-state index contributed by atoms with van der Waals surface area (Å²) in [7, 11) is 2.12. The molecular formula is C20H24N4O3. The monoisotopic (exact) mass is 368 g/mol. The number of hydrogen-bond acceptors (Lipinski definition) is 5. The highest BCUT2D eigenvalue weighted by Gasteiger charge is 2.14. The maximum atomic E-state index is 12.0. The summed E-state index contributed by atoms with van der Waals surface area (Å²) in [4.78, 5) is 28.3. The molecule has 0 atom stereocenters. The van der Waals surface area contributed by atoms with Gasteiger partial charge in [0.15, 0.2) is 0 Å². The predicted molar refractivity (Wildman–Crippen MR) is 105 cm³/mol. The Labute approximate surface area is 158 Å². The van der Waals surface area contributed by atoms with Crippen LogP contribution >= 0.6 is 0 Å². The van der Waals surface area contributed by atoms with E-state index in [4.69, 9.17) is 4.74 Å². The van der Waals surface area contributed by atoms with Crippen molar-refractivity contribution < 1.29 is 14.3 Å². The van der Waals surface area contributed by atoms with Gasteiger partial charge in [-0.15, -0.1) is 0 Å². The Bertz CT molecular complexity index is 757. The predicted octanol–water partition coefficient (Wildman–Crippen LogP) is 2.17. The highest BCUT2D eigenvalue weighted by molar-refractivity contribution is 5.94. The lowest BCUT2D eigenvalue weighted by Crippen LogP contribution is -2.44. The van der Waals surface area contributed by atoms with E-state index in [0.29, 0.717) is 11.4 Å². The Morgan fingerprint density at radius 2 is 1.63 bits per heavy atom. The first-order valence-corrected chi connectivity index (χ1v) is 8.94. The quantitative estimate of drug-likeness (QED) is 0.846. The van der Waals surface area contributed by atoms with Crippen LogP contribution in [0.5, 0.6) is 5.75 Å². The second-order valence-corrected chi connectivity index (χ2v) is 6.44. The van der Waals surface area contributed by atoms with Crippen LogP contribution in [0, 0.1) is 0 Å². The minimum atomic E-state index is -0.665. The fourth-order valence-electron chi connectivity index (χ4n) is 2.81. The number of para-hydroxylation sites is 1. The van der Waals surface area contributed by atoms with Gasteiger partial charge in [0, 0.05) is 37.6 Å². The second-order valence-electron chi connectivity index (χ2n) is 6.44. The van der Waals surface area contributed by atoms with E-state index in [0.717, 1.165) is 31.9 Å². The molecule has 0 aliphatic carbocycles. The number of hydrogen-bond donors (Lipinski definition) is 2. The van der Waals surface area contributed by atoms with Gasteiger partial charge in [0.05, 0.1) is 0 Å². The smallest absolute Gasteiger partial charge is 0.410 e. The molecule has 2 amide bonds. The molecule has 7 heteroatoms. The van der Waals surface area contributed by atoms with E-state index in [2.05, 4.69) is 27.5 Å². The zero-order valence-electron chi connectivity index (χ0n) is 15.4. The molecule has 1 heterocycles. The largest absolute Gasteiger partial charge is 0.413 e. The van der Waals surface area contributed by atoms with E-state index >= 15 is 0 Å². The molecule has 0 radical (unpaired) electrons. The molecule has 0 aromatic heterocycles. The number of likely N-dealkylation sites (N-methyl/N-ethyl adjacent to an activating group) is 1. The second kappa shape index (κ2) is 9.05. The normalized spacial score (nSPS) is 14.5. The number of rotatable bonds is 5. The lowest BCUT2D eigenvalue weighted by molar-refractivity contribution is -0.115. The van der Waals surface area contributed by atoms with E-state index in [-0.39, 0.29) is 12.5 Å². The van der Waals surface area contributed by atoms with E-state index in [1.807, 2.05) is 30.3 Å². The summed E-state index contributed by atoms with van der Waals surface area (Å²) in [5.41, 5.74) is 1.83. The lowest BCUT2D eigenvalue weighted by atomic mass is 10.2. The molecule has 1 saturated heterocycles. The third kappa shape index (κ3) is 5.72. The summed E-state index contributed by atoms with van der Waals surface area (Å²) in [6.07, 6.45) is -0.665. The van der Waals surface area contributed by atoms with Gasteiger partial charge in [-0.2, -0.15) is 0 Å². The van der Waals surface area contributed by atoms with Crippen molar-refractivity contribution in [3.63, 3.8) is 0 Å². The number of carbonyl (C=O) groups excluding carboxylic acids is 2. The van der Waals surface area contributed by atoms with Crippen molar-refractivity contribution >= 4 is 23.4 Å². The van der Waals surface area contributed by atoms with Crippen molar-refractivity contribution in [2.24, 2.45) is 0 Å². The number of piperazine rings is 1. The average Bonchev–Trinajstić information content (AvgIpc) is 2.68. The number of benzene rings is 2. The van der Waals surface area contributed by atoms with Gasteiger partial charge in [-0.25, -0.2) is 4.79 Å². The highest BCUT2D eigenvalue weighted by atomic mass is 16.6. The molecule has 2 N–H and O–H groups in total. The van der Waals surface area contributed by atoms with Gasteiger partial charge < -0.3 is 25.2 Å². The molecule has 3 rings (SSSR count). The molecule has 142 valence electrons. The van der Waals surface area contributed by atoms with Gasteiger partial charge in [-0.05, 0) is 43.4 Å². The highest BCUT2D eigenvalue weighted by Crippen LogP contribution is 2.19. The zero-order valence-corrected chi connectivity index (χ0v) is 15.4. The van der Waals surface area contributed by atoms with Crippen LogP contribution < -0.4 is 20.3 Å². The van der Waals surface area contributed by atoms with Gasteiger partial charge in [-0.1, -0.05) is 18.2 Å². The van der Waals surface area contributed by atoms with E-state index in [1.54, 1.807) is 24.3 Å². The maximum absolute atomic E-state index is 12.0. The first-order valence-electron chi connectivity index (χ1n) is 8.94. The minimum absolute atomic E-state index is 0.161. The molecule has 2 aromatic carbocycles. The molecule has 7 nitrogen and oxygen atoms in total. The van der Waals surface area contributed by atoms with Gasteiger partial charge in [0.1, 0.15) is 12.3 Å². The summed E-state index contributed by atoms with van der Waals surface area (Å²) < 4.78 is 5.07. The van der Waals surface area contributed by atoms with E-state index < -0.39 is 6.09 Å². The summed E-state index contributed by atoms with van der Waals surface area (Å²) >= 11 is 0. The number of nitrogens with zero attached hydrogens (tertiary/aromatic N) is 2. The first-order chi connectivity index (χ1) is 13.1. The van der Waals surface area contributed by atoms with E-state index in [9.17, 15) is 9.59 Å². The van der Waals surface area contributed by atoms with Crippen molar-refractivity contribution in [3.05, 3.63) is 54.6 Å². The molecule has 0 spiro atoms. The van der Waals surface area contributed by atoms with Crippen LogP contribution in [-0.2, 0) is 4.79 Å². The van der Waals surface area contributed by atoms with Gasteiger partial charge in [-0.3, -0.25) is 4.79 Å². The van der Waals surface area contributed by atoms with Crippen LogP contribution in [0.3, 0.4) is 0 Å². The third-order valence-electron chi connectivity index (χ3n) is 4.37. The fraction of sp³-hybridized carbons (Fsp3) is 0.300. The van der Waals surface area contributed by atoms with Gasteiger partial charge >= 0.3 is 6.09 Å². The van der Waals surface area contributed by atoms with Crippen LogP contribution in [0.15, 0.2) is 54.6 Å². The Balaban J connectivity index is 1.43. The molecule has 27 heavy (non-hydrogen) atoms. The first kappa shape index (κ1) is 18.7. The molecule has 2 aromatic rings. The molecule has 0 unspecified atom stereocenters. The average molecular weight is 368 g/mol. The number of ether oxygens (including phenoxy) is 1. The fourth-order valence-corrected chi connectivity index (χ4v) is 2.81. The van der Waals surface area contributed by atoms with E-state index in [1.165, 1.54) is 0 Å². The van der Waals surface area contributed by atoms with Crippen molar-refractivity contribution in [1.82, 2.24) is 10.2 Å². The molecule has 1 aliphatic heterocycles. The van der Waals surface area contributed by atoms with Crippen molar-refractivity contribution in [1.29, 1.82) is 0 Å². The zero-order chi connectivity index (χ0) is 19.1. The summed E-state index contributed by atoms with van der Waals surface area (Å²) in [5.74, 6) is 0.113. The van der Waals surface area contributed by atoms with Crippen molar-refractivity contribution in [2.45, 2.75) is 0 Å². The summed E-state index contributed by atoms with van der Waals surface area (Å²) in [5, 5.41) is 5.19.